The molecule has 0 fully saturated rings. The molecular weight excluding hydrogens is 318 g/mol. The number of thiocarbonyl (C=S) groups is 1. The number of carbonyl (C=O) groups is 1. The molecule has 22 heavy (non-hydrogen) atoms. The first kappa shape index (κ1) is 18.5. The van der Waals surface area contributed by atoms with E-state index in [2.05, 4.69) is 6.58 Å². The molecule has 1 amide bonds. The van der Waals surface area contributed by atoms with E-state index in [1.165, 1.54) is 0 Å². The third kappa shape index (κ3) is 6.49. The van der Waals surface area contributed by atoms with Crippen molar-refractivity contribution in [2.75, 3.05) is 13.7 Å². The summed E-state index contributed by atoms with van der Waals surface area (Å²) >= 11 is 6.28. The number of amides is 1. The molecular formula is C16H21NO3S2. The lowest BCUT2D eigenvalue weighted by molar-refractivity contribution is -0.126. The number of ether oxygens (including phenoxy) is 2. The summed E-state index contributed by atoms with van der Waals surface area (Å²) in [5.74, 6) is 0.786. The zero-order valence-electron chi connectivity index (χ0n) is 12.9. The van der Waals surface area contributed by atoms with Crippen LogP contribution in [0.3, 0.4) is 0 Å². The van der Waals surface area contributed by atoms with Crippen molar-refractivity contribution in [3.05, 3.63) is 42.5 Å². The second-order valence-corrected chi connectivity index (χ2v) is 6.00. The summed E-state index contributed by atoms with van der Waals surface area (Å²) in [6, 6.07) is 7.59. The third-order valence-corrected chi connectivity index (χ3v) is 3.93. The van der Waals surface area contributed by atoms with Crippen molar-refractivity contribution < 1.29 is 14.3 Å². The average Bonchev–Trinajstić information content (AvgIpc) is 2.53. The third-order valence-electron chi connectivity index (χ3n) is 2.77. The molecule has 1 aromatic rings. The molecule has 120 valence electrons. The zero-order chi connectivity index (χ0) is 16.4. The Balaban J connectivity index is 2.76. The molecule has 0 spiro atoms. The summed E-state index contributed by atoms with van der Waals surface area (Å²) in [4.78, 5) is 12.3. The lowest BCUT2D eigenvalue weighted by atomic mass is 10.2. The molecule has 0 bridgehead atoms. The van der Waals surface area contributed by atoms with Crippen LogP contribution in [0, 0.1) is 0 Å². The molecule has 1 rings (SSSR count). The van der Waals surface area contributed by atoms with Gasteiger partial charge in [-0.2, -0.15) is 0 Å². The maximum absolute atomic E-state index is 12.3. The number of hydrogen-bond acceptors (Lipinski definition) is 5. The van der Waals surface area contributed by atoms with E-state index in [9.17, 15) is 4.79 Å². The molecule has 0 N–H and O–H groups in total. The van der Waals surface area contributed by atoms with Crippen LogP contribution >= 0.6 is 24.2 Å². The molecule has 6 heteroatoms. The minimum atomic E-state index is 0.00257. The Kier molecular flexibility index (Phi) is 8.62. The molecule has 4 nitrogen and oxygen atoms in total. The highest BCUT2D eigenvalue weighted by molar-refractivity contribution is 8.21. The highest BCUT2D eigenvalue weighted by atomic mass is 32.2. The number of nitrogens with zero attached hydrogens (tertiary/aromatic N) is 1. The fraction of sp³-hybridized carbons (Fsp3) is 0.375. The minimum absolute atomic E-state index is 0.00257. The lowest BCUT2D eigenvalue weighted by Gasteiger charge is -2.21. The van der Waals surface area contributed by atoms with Crippen LogP contribution in [0.4, 0.5) is 0 Å². The Morgan fingerprint density at radius 3 is 2.64 bits per heavy atom. The van der Waals surface area contributed by atoms with Crippen molar-refractivity contribution in [1.82, 2.24) is 4.31 Å². The molecule has 0 atom stereocenters. The van der Waals surface area contributed by atoms with Gasteiger partial charge in [0.25, 0.3) is 0 Å². The van der Waals surface area contributed by atoms with Gasteiger partial charge in [-0.3, -0.25) is 9.10 Å². The van der Waals surface area contributed by atoms with E-state index in [1.807, 2.05) is 31.2 Å². The maximum atomic E-state index is 12.3. The van der Waals surface area contributed by atoms with Gasteiger partial charge in [0.1, 0.15) is 5.75 Å². The van der Waals surface area contributed by atoms with Crippen molar-refractivity contribution in [2.45, 2.75) is 26.3 Å². The summed E-state index contributed by atoms with van der Waals surface area (Å²) in [7, 11) is 1.62. The Hall–Kier alpha value is -1.53. The summed E-state index contributed by atoms with van der Waals surface area (Å²) in [6.07, 6.45) is 2.77. The van der Waals surface area contributed by atoms with E-state index in [1.54, 1.807) is 17.5 Å². The second kappa shape index (κ2) is 10.2. The average molecular weight is 339 g/mol. The largest absolute Gasteiger partial charge is 0.497 e. The topological polar surface area (TPSA) is 38.8 Å². The number of rotatable bonds is 7. The summed E-state index contributed by atoms with van der Waals surface area (Å²) in [6.45, 7) is 6.45. The molecule has 0 saturated heterocycles. The Morgan fingerprint density at radius 2 is 2.09 bits per heavy atom. The fourth-order valence-electron chi connectivity index (χ4n) is 1.65. The van der Waals surface area contributed by atoms with E-state index in [4.69, 9.17) is 21.7 Å². The number of allylic oxidation sites excluding steroid dienone is 1. The van der Waals surface area contributed by atoms with Crippen molar-refractivity contribution in [1.29, 1.82) is 0 Å². The van der Waals surface area contributed by atoms with Crippen LogP contribution in [0.25, 0.3) is 0 Å². The van der Waals surface area contributed by atoms with E-state index in [0.717, 1.165) is 23.3 Å². The summed E-state index contributed by atoms with van der Waals surface area (Å²) < 4.78 is 12.4. The predicted molar refractivity (Wildman–Crippen MR) is 94.8 cm³/mol. The number of methoxy groups -OCH3 is 1. The van der Waals surface area contributed by atoms with Gasteiger partial charge in [0, 0.05) is 18.4 Å². The molecule has 0 aliphatic heterocycles. The Bertz CT molecular complexity index is 503. The van der Waals surface area contributed by atoms with Gasteiger partial charge in [0.2, 0.25) is 10.3 Å². The molecule has 0 aliphatic carbocycles. The summed E-state index contributed by atoms with van der Waals surface area (Å²) in [5.41, 5.74) is 1.000. The van der Waals surface area contributed by atoms with Crippen molar-refractivity contribution in [2.24, 2.45) is 0 Å². The second-order valence-electron chi connectivity index (χ2n) is 4.38. The normalized spacial score (nSPS) is 9.91. The SMILES string of the molecule is C=CCCC(=O)N(Cc1ccc(OC)cc1)SC(=S)OCC. The first-order valence-corrected chi connectivity index (χ1v) is 8.17. The van der Waals surface area contributed by atoms with Gasteiger partial charge in [-0.1, -0.05) is 18.2 Å². The van der Waals surface area contributed by atoms with Gasteiger partial charge < -0.3 is 9.47 Å². The van der Waals surface area contributed by atoms with E-state index >= 15 is 0 Å². The van der Waals surface area contributed by atoms with Crippen molar-refractivity contribution >= 4 is 34.5 Å². The van der Waals surface area contributed by atoms with Crippen LogP contribution in [0.15, 0.2) is 36.9 Å². The van der Waals surface area contributed by atoms with Crippen LogP contribution in [0.2, 0.25) is 0 Å². The quantitative estimate of drug-likeness (QED) is 0.427. The standard InChI is InChI=1S/C16H21NO3S2/c1-4-6-7-15(18)17(22-16(21)20-5-2)12-13-8-10-14(19-3)11-9-13/h4,8-11H,1,5-7,12H2,2-3H3. The zero-order valence-corrected chi connectivity index (χ0v) is 14.5. The van der Waals surface area contributed by atoms with E-state index in [0.29, 0.717) is 30.4 Å². The monoisotopic (exact) mass is 339 g/mol. The Morgan fingerprint density at radius 1 is 1.41 bits per heavy atom. The molecule has 0 heterocycles. The van der Waals surface area contributed by atoms with Gasteiger partial charge in [0.15, 0.2) is 0 Å². The maximum Gasteiger partial charge on any atom is 0.241 e. The molecule has 0 saturated carbocycles. The fourth-order valence-corrected chi connectivity index (χ4v) is 2.80. The number of benzene rings is 1. The van der Waals surface area contributed by atoms with Crippen molar-refractivity contribution in [3.63, 3.8) is 0 Å². The smallest absolute Gasteiger partial charge is 0.241 e. The highest BCUT2D eigenvalue weighted by Crippen LogP contribution is 2.21. The van der Waals surface area contributed by atoms with Gasteiger partial charge in [0.05, 0.1) is 20.3 Å². The Labute approximate surface area is 141 Å². The van der Waals surface area contributed by atoms with Gasteiger partial charge >= 0.3 is 0 Å². The van der Waals surface area contributed by atoms with E-state index < -0.39 is 0 Å². The van der Waals surface area contributed by atoms with Crippen LogP contribution < -0.4 is 4.74 Å². The summed E-state index contributed by atoms with van der Waals surface area (Å²) in [5, 5.41) is 0. The molecule has 1 aromatic carbocycles. The first-order valence-electron chi connectivity index (χ1n) is 6.99. The lowest BCUT2D eigenvalue weighted by Crippen LogP contribution is -2.25. The molecule has 0 radical (unpaired) electrons. The van der Waals surface area contributed by atoms with Crippen molar-refractivity contribution in [3.8, 4) is 5.75 Å². The first-order chi connectivity index (χ1) is 10.6. The number of carbonyl (C=O) groups excluding carboxylic acids is 1. The molecule has 0 unspecified atom stereocenters. The molecule has 0 aliphatic rings. The minimum Gasteiger partial charge on any atom is -0.497 e. The van der Waals surface area contributed by atoms with Gasteiger partial charge in [-0.25, -0.2) is 0 Å². The predicted octanol–water partition coefficient (Wildman–Crippen LogP) is 3.96. The van der Waals surface area contributed by atoms with Gasteiger partial charge in [-0.05, 0) is 43.3 Å². The van der Waals surface area contributed by atoms with Crippen LogP contribution in [-0.4, -0.2) is 28.3 Å². The van der Waals surface area contributed by atoms with Gasteiger partial charge in [-0.15, -0.1) is 6.58 Å². The van der Waals surface area contributed by atoms with E-state index in [-0.39, 0.29) is 5.91 Å². The molecule has 0 aromatic heterocycles. The number of hydrogen-bond donors (Lipinski definition) is 0. The van der Waals surface area contributed by atoms with Crippen LogP contribution in [0.1, 0.15) is 25.3 Å². The highest BCUT2D eigenvalue weighted by Gasteiger charge is 2.17. The van der Waals surface area contributed by atoms with Crippen LogP contribution in [-0.2, 0) is 16.1 Å². The van der Waals surface area contributed by atoms with Crippen LogP contribution in [0.5, 0.6) is 5.75 Å².